The fourth-order valence-electron chi connectivity index (χ4n) is 3.02. The molecular formula is C26H28N2O3S. The largest absolute Gasteiger partial charge is 0.493 e. The molecule has 1 amide bonds. The van der Waals surface area contributed by atoms with E-state index in [-0.39, 0.29) is 17.1 Å². The van der Waals surface area contributed by atoms with Crippen molar-refractivity contribution in [1.82, 2.24) is 10.6 Å². The molecule has 0 aliphatic rings. The van der Waals surface area contributed by atoms with E-state index in [1.54, 1.807) is 18.2 Å². The molecule has 0 aromatic heterocycles. The van der Waals surface area contributed by atoms with Gasteiger partial charge in [-0.3, -0.25) is 10.1 Å². The predicted molar refractivity (Wildman–Crippen MR) is 131 cm³/mol. The molecule has 0 heterocycles. The van der Waals surface area contributed by atoms with Gasteiger partial charge in [0.05, 0.1) is 12.7 Å². The summed E-state index contributed by atoms with van der Waals surface area (Å²) >= 11 is 5.27. The molecule has 0 saturated heterocycles. The van der Waals surface area contributed by atoms with Gasteiger partial charge in [-0.05, 0) is 67.5 Å². The highest BCUT2D eigenvalue weighted by Crippen LogP contribution is 2.15. The van der Waals surface area contributed by atoms with E-state index in [0.29, 0.717) is 24.5 Å². The van der Waals surface area contributed by atoms with E-state index in [1.807, 2.05) is 62.4 Å². The molecule has 6 heteroatoms. The first kappa shape index (κ1) is 23.3. The lowest BCUT2D eigenvalue weighted by atomic mass is 10.2. The molecule has 3 aromatic rings. The Morgan fingerprint density at radius 2 is 1.66 bits per heavy atom. The molecular weight excluding hydrogens is 420 g/mol. The van der Waals surface area contributed by atoms with Crippen LogP contribution in [-0.2, 0) is 13.0 Å². The van der Waals surface area contributed by atoms with Gasteiger partial charge in [0, 0.05) is 18.5 Å². The topological polar surface area (TPSA) is 59.6 Å². The van der Waals surface area contributed by atoms with Crippen molar-refractivity contribution in [1.29, 1.82) is 0 Å². The minimum Gasteiger partial charge on any atom is -0.493 e. The number of carbonyl (C=O) groups is 1. The molecule has 3 rings (SSSR count). The summed E-state index contributed by atoms with van der Waals surface area (Å²) in [7, 11) is 0. The number of carbonyl (C=O) groups excluding carboxylic acids is 1. The fourth-order valence-corrected chi connectivity index (χ4v) is 3.18. The lowest BCUT2D eigenvalue weighted by molar-refractivity contribution is 0.0976. The Morgan fingerprint density at radius 1 is 0.906 bits per heavy atom. The van der Waals surface area contributed by atoms with Crippen molar-refractivity contribution >= 4 is 23.2 Å². The number of hydrogen-bond acceptors (Lipinski definition) is 4. The highest BCUT2D eigenvalue weighted by molar-refractivity contribution is 7.80. The molecule has 3 aromatic carbocycles. The van der Waals surface area contributed by atoms with Crippen molar-refractivity contribution in [3.63, 3.8) is 0 Å². The molecule has 0 bridgehead atoms. The van der Waals surface area contributed by atoms with Crippen LogP contribution < -0.4 is 20.1 Å². The molecule has 0 radical (unpaired) electrons. The Morgan fingerprint density at radius 3 is 2.38 bits per heavy atom. The van der Waals surface area contributed by atoms with Crippen molar-refractivity contribution < 1.29 is 14.3 Å². The number of thiocarbonyl (C=S) groups is 1. The molecule has 0 fully saturated rings. The van der Waals surface area contributed by atoms with Gasteiger partial charge in [0.25, 0.3) is 5.91 Å². The normalized spacial score (nSPS) is 10.5. The van der Waals surface area contributed by atoms with Gasteiger partial charge >= 0.3 is 0 Å². The zero-order valence-corrected chi connectivity index (χ0v) is 19.2. The van der Waals surface area contributed by atoms with Gasteiger partial charge < -0.3 is 14.8 Å². The van der Waals surface area contributed by atoms with Gasteiger partial charge in [-0.25, -0.2) is 0 Å². The van der Waals surface area contributed by atoms with E-state index in [1.165, 1.54) is 5.56 Å². The van der Waals surface area contributed by atoms with Gasteiger partial charge in [-0.15, -0.1) is 0 Å². The number of hydrogen-bond donors (Lipinski definition) is 2. The van der Waals surface area contributed by atoms with Gasteiger partial charge in [0.1, 0.15) is 11.5 Å². The van der Waals surface area contributed by atoms with Crippen LogP contribution in [0.2, 0.25) is 0 Å². The molecule has 5 nitrogen and oxygen atoms in total. The van der Waals surface area contributed by atoms with Crippen LogP contribution in [0.5, 0.6) is 11.5 Å². The van der Waals surface area contributed by atoms with Gasteiger partial charge in [0.2, 0.25) is 0 Å². The minimum atomic E-state index is -0.281. The maximum absolute atomic E-state index is 12.6. The van der Waals surface area contributed by atoms with Crippen LogP contribution in [0.4, 0.5) is 0 Å². The van der Waals surface area contributed by atoms with E-state index >= 15 is 0 Å². The highest BCUT2D eigenvalue weighted by atomic mass is 32.1. The first-order valence-corrected chi connectivity index (χ1v) is 11.0. The average Bonchev–Trinajstić information content (AvgIpc) is 2.79. The number of nitrogens with one attached hydrogen (secondary N) is 2. The summed E-state index contributed by atoms with van der Waals surface area (Å²) < 4.78 is 11.4. The maximum atomic E-state index is 12.6. The molecule has 0 aliphatic carbocycles. The number of benzene rings is 3. The molecule has 0 aliphatic heterocycles. The average molecular weight is 449 g/mol. The van der Waals surface area contributed by atoms with E-state index in [2.05, 4.69) is 22.8 Å². The molecule has 2 N–H and O–H groups in total. The molecule has 0 unspecified atom stereocenters. The second kappa shape index (κ2) is 11.9. The predicted octanol–water partition coefficient (Wildman–Crippen LogP) is 4.90. The molecule has 0 spiro atoms. The summed E-state index contributed by atoms with van der Waals surface area (Å²) in [4.78, 5) is 12.6. The van der Waals surface area contributed by atoms with E-state index in [9.17, 15) is 4.79 Å². The lowest BCUT2D eigenvalue weighted by Crippen LogP contribution is -2.38. The van der Waals surface area contributed by atoms with Crippen molar-refractivity contribution in [2.45, 2.75) is 32.9 Å². The summed E-state index contributed by atoms with van der Waals surface area (Å²) in [5.74, 6) is 1.19. The van der Waals surface area contributed by atoms with E-state index in [0.717, 1.165) is 17.7 Å². The highest BCUT2D eigenvalue weighted by Gasteiger charge is 2.09. The standard InChI is InChI=1S/C26H28N2O3S/c1-19(2)31-23-13-11-21(12-14-23)18-27-26(32)28-25(29)22-9-6-10-24(17-22)30-16-15-20-7-4-3-5-8-20/h3-14,17,19H,15-16,18H2,1-2H3,(H2,27,28,29,32). The molecule has 166 valence electrons. The van der Waals surface area contributed by atoms with Gasteiger partial charge in [-0.2, -0.15) is 0 Å². The molecule has 0 atom stereocenters. The summed E-state index contributed by atoms with van der Waals surface area (Å²) in [6.45, 7) is 5.02. The quantitative estimate of drug-likeness (QED) is 0.456. The maximum Gasteiger partial charge on any atom is 0.257 e. The minimum absolute atomic E-state index is 0.134. The van der Waals surface area contributed by atoms with Crippen LogP contribution in [0.25, 0.3) is 0 Å². The van der Waals surface area contributed by atoms with Crippen LogP contribution >= 0.6 is 12.2 Å². The Bertz CT molecular complexity index is 1020. The Balaban J connectivity index is 1.45. The van der Waals surface area contributed by atoms with Crippen molar-refractivity contribution in [2.24, 2.45) is 0 Å². The third kappa shape index (κ3) is 7.71. The first-order valence-electron chi connectivity index (χ1n) is 10.6. The van der Waals surface area contributed by atoms with Crippen LogP contribution in [0.1, 0.15) is 35.3 Å². The summed E-state index contributed by atoms with van der Waals surface area (Å²) in [5.41, 5.74) is 2.73. The Labute approximate surface area is 194 Å². The Kier molecular flexibility index (Phi) is 8.63. The third-order valence-electron chi connectivity index (χ3n) is 4.57. The second-order valence-electron chi connectivity index (χ2n) is 7.56. The zero-order valence-electron chi connectivity index (χ0n) is 18.3. The number of amides is 1. The monoisotopic (exact) mass is 448 g/mol. The fraction of sp³-hybridized carbons (Fsp3) is 0.231. The zero-order chi connectivity index (χ0) is 22.8. The van der Waals surface area contributed by atoms with Crippen molar-refractivity contribution in [2.75, 3.05) is 6.61 Å². The number of rotatable bonds is 9. The van der Waals surface area contributed by atoms with Crippen LogP contribution in [0.15, 0.2) is 78.9 Å². The van der Waals surface area contributed by atoms with Crippen molar-refractivity contribution in [3.05, 3.63) is 95.6 Å². The lowest BCUT2D eigenvalue weighted by Gasteiger charge is -2.12. The van der Waals surface area contributed by atoms with Crippen LogP contribution in [-0.4, -0.2) is 23.7 Å². The van der Waals surface area contributed by atoms with Crippen molar-refractivity contribution in [3.8, 4) is 11.5 Å². The summed E-state index contributed by atoms with van der Waals surface area (Å²) in [6.07, 6.45) is 0.935. The molecule has 0 saturated carbocycles. The van der Waals surface area contributed by atoms with E-state index < -0.39 is 0 Å². The summed E-state index contributed by atoms with van der Waals surface area (Å²) in [5, 5.41) is 6.04. The van der Waals surface area contributed by atoms with Crippen LogP contribution in [0, 0.1) is 0 Å². The summed E-state index contributed by atoms with van der Waals surface area (Å²) in [6, 6.07) is 25.0. The van der Waals surface area contributed by atoms with Gasteiger partial charge in [0.15, 0.2) is 5.11 Å². The van der Waals surface area contributed by atoms with E-state index in [4.69, 9.17) is 21.7 Å². The first-order chi connectivity index (χ1) is 15.5. The smallest absolute Gasteiger partial charge is 0.257 e. The van der Waals surface area contributed by atoms with Crippen LogP contribution in [0.3, 0.4) is 0 Å². The third-order valence-corrected chi connectivity index (χ3v) is 4.82. The number of ether oxygens (including phenoxy) is 2. The SMILES string of the molecule is CC(C)Oc1ccc(CNC(=S)NC(=O)c2cccc(OCCc3ccccc3)c2)cc1. The molecule has 32 heavy (non-hydrogen) atoms. The Hall–Kier alpha value is -3.38. The second-order valence-corrected chi connectivity index (χ2v) is 7.97. The van der Waals surface area contributed by atoms with Gasteiger partial charge in [-0.1, -0.05) is 48.5 Å².